The van der Waals surface area contributed by atoms with Crippen LogP contribution in [0.5, 0.6) is 0 Å². The van der Waals surface area contributed by atoms with Crippen LogP contribution in [0.2, 0.25) is 0 Å². The highest BCUT2D eigenvalue weighted by Crippen LogP contribution is 2.26. The van der Waals surface area contributed by atoms with Gasteiger partial charge in [-0.3, -0.25) is 4.79 Å². The van der Waals surface area contributed by atoms with Gasteiger partial charge in [-0.15, -0.1) is 0 Å². The Balaban J connectivity index is 1.30. The number of carbonyl (C=O) groups is 1. The molecule has 0 amide bonds. The van der Waals surface area contributed by atoms with Gasteiger partial charge in [0.15, 0.2) is 5.78 Å². The maximum atomic E-state index is 12.2. The largest absolute Gasteiger partial charge is 0.374 e. The third-order valence-electron chi connectivity index (χ3n) is 9.52. The van der Waals surface area contributed by atoms with Crippen LogP contribution >= 0.6 is 21.6 Å². The molecule has 0 spiro atoms. The van der Waals surface area contributed by atoms with Crippen molar-refractivity contribution in [3.05, 3.63) is 24.3 Å². The van der Waals surface area contributed by atoms with Gasteiger partial charge in [-0.2, -0.15) is 0 Å². The van der Waals surface area contributed by atoms with Gasteiger partial charge in [0, 0.05) is 37.6 Å². The van der Waals surface area contributed by atoms with Gasteiger partial charge in [-0.05, 0) is 109 Å². The molecule has 0 N–H and O–H groups in total. The van der Waals surface area contributed by atoms with Crippen molar-refractivity contribution in [2.24, 2.45) is 11.8 Å². The number of allylic oxidation sites excluding steroid dienone is 4. The zero-order chi connectivity index (χ0) is 31.3. The van der Waals surface area contributed by atoms with Crippen LogP contribution in [-0.2, 0) is 9.53 Å². The summed E-state index contributed by atoms with van der Waals surface area (Å²) < 4.78 is 5.78. The minimum atomic E-state index is 0.289. The number of Topliss-reactive ketones (excluding diaryl/α,β-unsaturated/α-hetero) is 1. The number of nitrogens with zero attached hydrogens (tertiary/aromatic N) is 2. The Labute approximate surface area is 281 Å². The van der Waals surface area contributed by atoms with Crippen molar-refractivity contribution in [1.29, 1.82) is 0 Å². The highest BCUT2D eigenvalue weighted by molar-refractivity contribution is 8.76. The van der Waals surface area contributed by atoms with Crippen LogP contribution in [0.4, 0.5) is 0 Å². The number of piperidine rings is 2. The van der Waals surface area contributed by atoms with Crippen molar-refractivity contribution < 1.29 is 9.53 Å². The van der Waals surface area contributed by atoms with Crippen molar-refractivity contribution >= 4 is 27.4 Å². The molecule has 0 atom stereocenters. The molecule has 2 heterocycles. The summed E-state index contributed by atoms with van der Waals surface area (Å²) in [5.41, 5.74) is 0. The van der Waals surface area contributed by atoms with Crippen molar-refractivity contribution in [2.75, 3.05) is 64.0 Å². The summed E-state index contributed by atoms with van der Waals surface area (Å²) in [6.45, 7) is 13.3. The minimum absolute atomic E-state index is 0.289. The summed E-state index contributed by atoms with van der Waals surface area (Å²) >= 11 is 0. The average Bonchev–Trinajstić information content (AvgIpc) is 3.04. The molecule has 2 saturated heterocycles. The minimum Gasteiger partial charge on any atom is -0.374 e. The first-order chi connectivity index (χ1) is 21.7. The average molecular weight is 651 g/mol. The van der Waals surface area contributed by atoms with Crippen LogP contribution in [0.1, 0.15) is 136 Å². The fraction of sp³-hybridized carbons (Fsp3) is 0.868. The Bertz CT molecular complexity index is 716. The third kappa shape index (κ3) is 22.3. The number of likely N-dealkylation sites (tertiary alicyclic amines) is 2. The molecule has 0 bridgehead atoms. The zero-order valence-electron chi connectivity index (χ0n) is 29.0. The van der Waals surface area contributed by atoms with Crippen molar-refractivity contribution in [1.82, 2.24) is 9.80 Å². The van der Waals surface area contributed by atoms with E-state index in [1.54, 1.807) is 0 Å². The summed E-state index contributed by atoms with van der Waals surface area (Å²) in [5, 5.41) is 0. The molecule has 6 heteroatoms. The second kappa shape index (κ2) is 28.9. The second-order valence-corrected chi connectivity index (χ2v) is 16.1. The Morgan fingerprint density at radius 2 is 1.23 bits per heavy atom. The Hall–Kier alpha value is -0.270. The predicted molar refractivity (Wildman–Crippen MR) is 198 cm³/mol. The van der Waals surface area contributed by atoms with Crippen LogP contribution in [0, 0.1) is 11.8 Å². The van der Waals surface area contributed by atoms with Crippen LogP contribution in [-0.4, -0.2) is 79.6 Å². The van der Waals surface area contributed by atoms with Gasteiger partial charge in [0.2, 0.25) is 0 Å². The second-order valence-electron chi connectivity index (χ2n) is 13.4. The number of ketones is 1. The van der Waals surface area contributed by atoms with Crippen LogP contribution in [0.25, 0.3) is 0 Å². The number of unbranched alkanes of at least 4 members (excludes halogenated alkanes) is 8. The molecule has 2 rings (SSSR count). The standard InChI is InChI=1S/C38H70N2O2S2/c1-3-5-6-7-8-9-10-11-12-13-14-15-16-17-18-20-38(41)35-42-32-25-37-23-28-40(29-24-37)31-34-44-43-33-30-39-26-21-36(19-4-2)22-27-39/h8-9,11-12,36-37H,3-7,10,13-35H2,1-2H3/b9-8-,12-11-. The molecule has 0 aromatic carbocycles. The maximum Gasteiger partial charge on any atom is 0.158 e. The molecular weight excluding hydrogens is 581 g/mol. The normalized spacial score (nSPS) is 17.9. The van der Waals surface area contributed by atoms with Crippen LogP contribution in [0.3, 0.4) is 0 Å². The Kier molecular flexibility index (Phi) is 26.2. The lowest BCUT2D eigenvalue weighted by Crippen LogP contribution is -2.35. The monoisotopic (exact) mass is 650 g/mol. The van der Waals surface area contributed by atoms with Gasteiger partial charge in [-0.25, -0.2) is 0 Å². The first-order valence-corrected chi connectivity index (χ1v) is 21.3. The predicted octanol–water partition coefficient (Wildman–Crippen LogP) is 10.4. The maximum absolute atomic E-state index is 12.2. The molecule has 256 valence electrons. The van der Waals surface area contributed by atoms with Crippen molar-refractivity contribution in [3.63, 3.8) is 0 Å². The summed E-state index contributed by atoms with van der Waals surface area (Å²) in [4.78, 5) is 17.5. The van der Waals surface area contributed by atoms with Crippen molar-refractivity contribution in [3.8, 4) is 0 Å². The van der Waals surface area contributed by atoms with Gasteiger partial charge in [0.05, 0.1) is 0 Å². The van der Waals surface area contributed by atoms with Crippen molar-refractivity contribution in [2.45, 2.75) is 136 Å². The van der Waals surface area contributed by atoms with Gasteiger partial charge < -0.3 is 14.5 Å². The fourth-order valence-corrected chi connectivity index (χ4v) is 8.55. The number of hydrogen-bond donors (Lipinski definition) is 0. The molecule has 2 aliphatic rings. The number of hydrogen-bond acceptors (Lipinski definition) is 6. The molecular formula is C38H70N2O2S2. The quantitative estimate of drug-likeness (QED) is 0.0476. The van der Waals surface area contributed by atoms with E-state index in [4.69, 9.17) is 4.74 Å². The molecule has 0 aliphatic carbocycles. The van der Waals surface area contributed by atoms with Crippen LogP contribution in [0.15, 0.2) is 24.3 Å². The Morgan fingerprint density at radius 1 is 0.682 bits per heavy atom. The first-order valence-electron chi connectivity index (χ1n) is 18.8. The lowest BCUT2D eigenvalue weighted by Gasteiger charge is -2.32. The lowest BCUT2D eigenvalue weighted by atomic mass is 9.93. The molecule has 0 aromatic heterocycles. The van der Waals surface area contributed by atoms with Crippen LogP contribution < -0.4 is 0 Å². The molecule has 2 aliphatic heterocycles. The molecule has 0 saturated carbocycles. The van der Waals surface area contributed by atoms with E-state index in [-0.39, 0.29) is 5.78 Å². The smallest absolute Gasteiger partial charge is 0.158 e. The summed E-state index contributed by atoms with van der Waals surface area (Å²) in [6, 6.07) is 0. The zero-order valence-corrected chi connectivity index (χ0v) is 30.6. The Morgan fingerprint density at radius 3 is 1.82 bits per heavy atom. The number of rotatable bonds is 28. The highest BCUT2D eigenvalue weighted by atomic mass is 33.1. The highest BCUT2D eigenvalue weighted by Gasteiger charge is 2.20. The van der Waals surface area contributed by atoms with E-state index in [0.29, 0.717) is 13.0 Å². The topological polar surface area (TPSA) is 32.8 Å². The fourth-order valence-electron chi connectivity index (χ4n) is 6.50. The van der Waals surface area contributed by atoms with Gasteiger partial charge >= 0.3 is 0 Å². The molecule has 0 unspecified atom stereocenters. The van der Waals surface area contributed by atoms with E-state index in [1.165, 1.54) is 147 Å². The first kappa shape index (κ1) is 39.9. The number of carbonyl (C=O) groups excluding carboxylic acids is 1. The molecule has 44 heavy (non-hydrogen) atoms. The molecule has 2 fully saturated rings. The third-order valence-corrected chi connectivity index (χ3v) is 11.9. The molecule has 0 aromatic rings. The van der Waals surface area contributed by atoms with E-state index in [9.17, 15) is 4.79 Å². The molecule has 4 nitrogen and oxygen atoms in total. The van der Waals surface area contributed by atoms with E-state index in [1.807, 2.05) is 0 Å². The molecule has 0 radical (unpaired) electrons. The summed E-state index contributed by atoms with van der Waals surface area (Å²) in [6.07, 6.45) is 32.7. The van der Waals surface area contributed by atoms with Gasteiger partial charge in [0.1, 0.15) is 6.61 Å². The number of ether oxygens (including phenoxy) is 1. The van der Waals surface area contributed by atoms with Gasteiger partial charge in [0.25, 0.3) is 0 Å². The van der Waals surface area contributed by atoms with E-state index in [0.717, 1.165) is 37.7 Å². The summed E-state index contributed by atoms with van der Waals surface area (Å²) in [5.74, 6) is 4.57. The van der Waals surface area contributed by atoms with E-state index < -0.39 is 0 Å². The van der Waals surface area contributed by atoms with E-state index >= 15 is 0 Å². The SMILES string of the molecule is CCCCC/C=C\C/C=C\CCCCCCCC(=O)COCCC1CCN(CCSSCCN2CCC(CCC)CC2)CC1. The lowest BCUT2D eigenvalue weighted by molar-refractivity contribution is -0.123. The summed E-state index contributed by atoms with van der Waals surface area (Å²) in [7, 11) is 4.15. The van der Waals surface area contributed by atoms with Gasteiger partial charge in [-0.1, -0.05) is 105 Å². The van der Waals surface area contributed by atoms with E-state index in [2.05, 4.69) is 69.5 Å².